The largest absolute Gasteiger partial charge is 0.419 e. The summed E-state index contributed by atoms with van der Waals surface area (Å²) < 4.78 is 18.8. The maximum atomic E-state index is 13.0. The Morgan fingerprint density at radius 2 is 1.97 bits per heavy atom. The van der Waals surface area contributed by atoms with Crippen molar-refractivity contribution in [3.05, 3.63) is 69.1 Å². The van der Waals surface area contributed by atoms with Crippen molar-refractivity contribution in [2.24, 2.45) is 0 Å². The molecule has 0 bridgehead atoms. The Morgan fingerprint density at radius 3 is 2.72 bits per heavy atom. The van der Waals surface area contributed by atoms with Gasteiger partial charge in [0, 0.05) is 6.54 Å². The average Bonchev–Trinajstić information content (AvgIpc) is 3.55. The molecule has 0 fully saturated rings. The summed E-state index contributed by atoms with van der Waals surface area (Å²) in [6.45, 7) is 4.19. The lowest BCUT2D eigenvalue weighted by Gasteiger charge is -2.17. The first-order valence-corrected chi connectivity index (χ1v) is 11.7. The van der Waals surface area contributed by atoms with Crippen LogP contribution in [0.25, 0.3) is 10.8 Å². The van der Waals surface area contributed by atoms with Crippen LogP contribution in [-0.2, 0) is 19.6 Å². The van der Waals surface area contributed by atoms with Gasteiger partial charge in [-0.15, -0.1) is 31.7 Å². The van der Waals surface area contributed by atoms with Crippen molar-refractivity contribution in [1.29, 1.82) is 0 Å². The molecule has 1 amide bonds. The van der Waals surface area contributed by atoms with Gasteiger partial charge in [0.1, 0.15) is 10.8 Å². The summed E-state index contributed by atoms with van der Waals surface area (Å²) in [5.74, 6) is 0.428. The lowest BCUT2D eigenvalue weighted by atomic mass is 10.2. The van der Waals surface area contributed by atoms with Crippen LogP contribution < -0.4 is 5.32 Å². The summed E-state index contributed by atoms with van der Waals surface area (Å²) in [5, 5.41) is 22.2. The third-order valence-corrected chi connectivity index (χ3v) is 6.25. The average molecular weight is 473 g/mol. The van der Waals surface area contributed by atoms with Crippen LogP contribution in [0.1, 0.15) is 39.6 Å². The van der Waals surface area contributed by atoms with Crippen molar-refractivity contribution in [1.82, 2.24) is 30.6 Å². The van der Waals surface area contributed by atoms with Gasteiger partial charge in [0.05, 0.1) is 18.0 Å². The highest BCUT2D eigenvalue weighted by atomic mass is 32.1. The summed E-state index contributed by atoms with van der Waals surface area (Å²) in [6, 6.07) is 9.86. The molecule has 1 aromatic carbocycles. The fourth-order valence-corrected chi connectivity index (χ4v) is 4.44. The molecule has 0 spiro atoms. The van der Waals surface area contributed by atoms with Crippen LogP contribution in [0.5, 0.6) is 0 Å². The lowest BCUT2D eigenvalue weighted by molar-refractivity contribution is 0.0950. The number of amides is 1. The minimum atomic E-state index is -0.311. The molecule has 11 heteroatoms. The Hall–Kier alpha value is -3.02. The smallest absolute Gasteiger partial charge is 0.282 e. The Labute approximate surface area is 192 Å². The zero-order chi connectivity index (χ0) is 22.3. The van der Waals surface area contributed by atoms with Gasteiger partial charge in [0.15, 0.2) is 0 Å². The minimum absolute atomic E-state index is 0.288. The summed E-state index contributed by atoms with van der Waals surface area (Å²) >= 11 is 2.79. The second kappa shape index (κ2) is 10.5. The molecule has 0 aliphatic heterocycles. The fraction of sp³-hybridized carbons (Fsp3) is 0.286. The van der Waals surface area contributed by atoms with E-state index < -0.39 is 0 Å². The highest BCUT2D eigenvalue weighted by Gasteiger charge is 2.17. The standard InChI is InChI=1S/C21H21FN6O2S2/c1-2-9-28(12-17-24-26-20(30-17)16-4-3-10-31-16)13-18-25-27-21(32-18)19(29)23-11-14-5-7-15(22)8-6-14/h3-8,10H,2,9,11-13H2,1H3,(H,23,29). The molecule has 3 aromatic heterocycles. The summed E-state index contributed by atoms with van der Waals surface area (Å²) in [6.07, 6.45) is 0.940. The van der Waals surface area contributed by atoms with E-state index in [1.54, 1.807) is 23.5 Å². The second-order valence-corrected chi connectivity index (χ2v) is 9.01. The molecule has 166 valence electrons. The topological polar surface area (TPSA) is 97.0 Å². The molecule has 8 nitrogen and oxygen atoms in total. The van der Waals surface area contributed by atoms with E-state index in [0.717, 1.165) is 28.4 Å². The molecule has 4 aromatic rings. The zero-order valence-corrected chi connectivity index (χ0v) is 19.0. The van der Waals surface area contributed by atoms with E-state index in [2.05, 4.69) is 37.5 Å². The predicted octanol–water partition coefficient (Wildman–Crippen LogP) is 4.13. The molecule has 0 saturated heterocycles. The molecule has 0 aliphatic rings. The SMILES string of the molecule is CCCN(Cc1nnc(-c2cccs2)o1)Cc1nnc(C(=O)NCc2ccc(F)cc2)s1. The van der Waals surface area contributed by atoms with Gasteiger partial charge in [-0.05, 0) is 42.1 Å². The molecular formula is C21H21FN6O2S2. The number of thiophene rings is 1. The van der Waals surface area contributed by atoms with Crippen LogP contribution in [0.15, 0.2) is 46.2 Å². The van der Waals surface area contributed by atoms with Crippen molar-refractivity contribution in [3.8, 4) is 10.8 Å². The first kappa shape index (κ1) is 22.2. The van der Waals surface area contributed by atoms with Crippen molar-refractivity contribution < 1.29 is 13.6 Å². The normalized spacial score (nSPS) is 11.2. The summed E-state index contributed by atoms with van der Waals surface area (Å²) in [4.78, 5) is 15.5. The van der Waals surface area contributed by atoms with Gasteiger partial charge < -0.3 is 9.73 Å². The van der Waals surface area contributed by atoms with Crippen LogP contribution >= 0.6 is 22.7 Å². The first-order valence-electron chi connectivity index (χ1n) is 10.0. The molecule has 0 aliphatic carbocycles. The van der Waals surface area contributed by atoms with Crippen LogP contribution in [0, 0.1) is 5.82 Å². The van der Waals surface area contributed by atoms with Crippen LogP contribution in [0.3, 0.4) is 0 Å². The first-order chi connectivity index (χ1) is 15.6. The Morgan fingerprint density at radius 1 is 1.12 bits per heavy atom. The van der Waals surface area contributed by atoms with Crippen molar-refractivity contribution >= 4 is 28.6 Å². The molecule has 0 saturated carbocycles. The molecule has 0 atom stereocenters. The van der Waals surface area contributed by atoms with Crippen molar-refractivity contribution in [3.63, 3.8) is 0 Å². The quantitative estimate of drug-likeness (QED) is 0.371. The number of nitrogens with zero attached hydrogens (tertiary/aromatic N) is 5. The molecule has 0 unspecified atom stereocenters. The molecule has 1 N–H and O–H groups in total. The van der Waals surface area contributed by atoms with Crippen LogP contribution in [0.2, 0.25) is 0 Å². The number of benzene rings is 1. The van der Waals surface area contributed by atoms with Gasteiger partial charge in [0.2, 0.25) is 10.9 Å². The number of hydrogen-bond donors (Lipinski definition) is 1. The summed E-state index contributed by atoms with van der Waals surface area (Å²) in [5.41, 5.74) is 0.806. The van der Waals surface area contributed by atoms with Gasteiger partial charge in [-0.25, -0.2) is 4.39 Å². The van der Waals surface area contributed by atoms with Gasteiger partial charge in [0.25, 0.3) is 11.8 Å². The number of nitrogens with one attached hydrogen (secondary N) is 1. The lowest BCUT2D eigenvalue weighted by Crippen LogP contribution is -2.23. The summed E-state index contributed by atoms with van der Waals surface area (Å²) in [7, 11) is 0. The van der Waals surface area contributed by atoms with E-state index in [1.165, 1.54) is 23.5 Å². The van der Waals surface area contributed by atoms with E-state index in [-0.39, 0.29) is 16.7 Å². The molecule has 32 heavy (non-hydrogen) atoms. The van der Waals surface area contributed by atoms with E-state index in [4.69, 9.17) is 4.42 Å². The van der Waals surface area contributed by atoms with Gasteiger partial charge >= 0.3 is 0 Å². The highest BCUT2D eigenvalue weighted by Crippen LogP contribution is 2.23. The van der Waals surface area contributed by atoms with E-state index in [1.807, 2.05) is 17.5 Å². The number of aromatic nitrogens is 4. The zero-order valence-electron chi connectivity index (χ0n) is 17.3. The van der Waals surface area contributed by atoms with Gasteiger partial charge in [-0.3, -0.25) is 9.69 Å². The number of rotatable bonds is 10. The maximum absolute atomic E-state index is 13.0. The van der Waals surface area contributed by atoms with Gasteiger partial charge in [-0.1, -0.05) is 36.5 Å². The number of hydrogen-bond acceptors (Lipinski definition) is 9. The van der Waals surface area contributed by atoms with E-state index in [0.29, 0.717) is 31.4 Å². The second-order valence-electron chi connectivity index (χ2n) is 7.00. The van der Waals surface area contributed by atoms with Crippen LogP contribution in [-0.4, -0.2) is 37.7 Å². The molecule has 4 rings (SSSR count). The molecule has 0 radical (unpaired) electrons. The molecular weight excluding hydrogens is 451 g/mol. The van der Waals surface area contributed by atoms with Crippen molar-refractivity contribution in [2.75, 3.05) is 6.54 Å². The third-order valence-electron chi connectivity index (χ3n) is 4.48. The van der Waals surface area contributed by atoms with Crippen molar-refractivity contribution in [2.45, 2.75) is 33.0 Å². The Kier molecular flexibility index (Phi) is 7.30. The van der Waals surface area contributed by atoms with Gasteiger partial charge in [-0.2, -0.15) is 0 Å². The molecule has 3 heterocycles. The van der Waals surface area contributed by atoms with E-state index in [9.17, 15) is 9.18 Å². The number of halogens is 1. The van der Waals surface area contributed by atoms with Crippen LogP contribution in [0.4, 0.5) is 4.39 Å². The Bertz CT molecular complexity index is 1140. The highest BCUT2D eigenvalue weighted by molar-refractivity contribution is 7.13. The monoisotopic (exact) mass is 472 g/mol. The van der Waals surface area contributed by atoms with E-state index >= 15 is 0 Å². The maximum Gasteiger partial charge on any atom is 0.282 e. The fourth-order valence-electron chi connectivity index (χ4n) is 3.00. The number of carbonyl (C=O) groups is 1. The number of carbonyl (C=O) groups excluding carboxylic acids is 1. The Balaban J connectivity index is 1.34. The minimum Gasteiger partial charge on any atom is -0.419 e. The third kappa shape index (κ3) is 5.81. The predicted molar refractivity (Wildman–Crippen MR) is 119 cm³/mol.